The number of aromatic nitrogens is 1. The molecular weight excluding hydrogens is 334 g/mol. The maximum absolute atomic E-state index is 13.1. The molecule has 0 radical (unpaired) electrons. The summed E-state index contributed by atoms with van der Waals surface area (Å²) in [6.07, 6.45) is 0. The summed E-state index contributed by atoms with van der Waals surface area (Å²) in [4.78, 5) is 28.8. The normalized spacial score (nSPS) is 14.5. The van der Waals surface area contributed by atoms with Crippen LogP contribution < -0.4 is 0 Å². The van der Waals surface area contributed by atoms with Crippen LogP contribution in [0.5, 0.6) is 0 Å². The quantitative estimate of drug-likeness (QED) is 0.580. The smallest absolute Gasteiger partial charge is 0.271 e. The highest BCUT2D eigenvalue weighted by molar-refractivity contribution is 6.10. The van der Waals surface area contributed by atoms with Crippen molar-refractivity contribution >= 4 is 22.5 Å². The van der Waals surface area contributed by atoms with Gasteiger partial charge in [-0.15, -0.1) is 0 Å². The largest absolute Gasteiger partial charge is 0.378 e. The van der Waals surface area contributed by atoms with Crippen molar-refractivity contribution in [3.8, 4) is 11.1 Å². The summed E-state index contributed by atoms with van der Waals surface area (Å²) in [5, 5.41) is 11.9. The van der Waals surface area contributed by atoms with Crippen molar-refractivity contribution in [2.75, 3.05) is 26.3 Å². The van der Waals surface area contributed by atoms with E-state index < -0.39 is 4.92 Å². The molecule has 1 aliphatic heterocycles. The minimum absolute atomic E-state index is 0.000877. The van der Waals surface area contributed by atoms with Crippen molar-refractivity contribution in [2.24, 2.45) is 0 Å². The first-order chi connectivity index (χ1) is 12.6. The van der Waals surface area contributed by atoms with Gasteiger partial charge in [-0.25, -0.2) is 0 Å². The van der Waals surface area contributed by atoms with Crippen LogP contribution >= 0.6 is 0 Å². The van der Waals surface area contributed by atoms with Crippen LogP contribution in [0.2, 0.25) is 0 Å². The Morgan fingerprint density at radius 1 is 1.12 bits per heavy atom. The van der Waals surface area contributed by atoms with E-state index in [2.05, 4.69) is 4.98 Å². The molecule has 0 unspecified atom stereocenters. The van der Waals surface area contributed by atoms with Gasteiger partial charge in [-0.05, 0) is 11.6 Å². The third kappa shape index (κ3) is 2.82. The number of hydrogen-bond donors (Lipinski definition) is 1. The fraction of sp³-hybridized carbons (Fsp3) is 0.211. The van der Waals surface area contributed by atoms with Gasteiger partial charge in [-0.2, -0.15) is 0 Å². The number of non-ortho nitro benzene ring substituents is 1. The van der Waals surface area contributed by atoms with Crippen molar-refractivity contribution < 1.29 is 14.5 Å². The van der Waals surface area contributed by atoms with Gasteiger partial charge >= 0.3 is 0 Å². The second-order valence-electron chi connectivity index (χ2n) is 6.13. The molecule has 132 valence electrons. The number of nitrogens with zero attached hydrogens (tertiary/aromatic N) is 2. The van der Waals surface area contributed by atoms with Crippen LogP contribution in [0.15, 0.2) is 48.5 Å². The average Bonchev–Trinajstić information content (AvgIpc) is 3.07. The Bertz CT molecular complexity index is 975. The number of nitro groups is 1. The van der Waals surface area contributed by atoms with E-state index in [-0.39, 0.29) is 11.6 Å². The number of benzene rings is 2. The minimum atomic E-state index is -0.426. The fourth-order valence-electron chi connectivity index (χ4n) is 3.28. The van der Waals surface area contributed by atoms with Gasteiger partial charge < -0.3 is 14.6 Å². The maximum Gasteiger partial charge on any atom is 0.271 e. The molecule has 2 aromatic carbocycles. The van der Waals surface area contributed by atoms with Crippen molar-refractivity contribution in [3.63, 3.8) is 0 Å². The Hall–Kier alpha value is -3.19. The number of amides is 1. The van der Waals surface area contributed by atoms with Crippen LogP contribution in [0, 0.1) is 10.1 Å². The van der Waals surface area contributed by atoms with E-state index in [0.29, 0.717) is 48.5 Å². The third-order valence-electron chi connectivity index (χ3n) is 4.57. The number of fused-ring (bicyclic) bond motifs is 1. The highest BCUT2D eigenvalue weighted by Crippen LogP contribution is 2.35. The van der Waals surface area contributed by atoms with Crippen LogP contribution in [0.3, 0.4) is 0 Å². The molecule has 0 aliphatic carbocycles. The van der Waals surface area contributed by atoms with Crippen LogP contribution in [0.25, 0.3) is 22.0 Å². The molecule has 1 amide bonds. The monoisotopic (exact) mass is 351 g/mol. The number of ether oxygens (including phenoxy) is 1. The lowest BCUT2D eigenvalue weighted by atomic mass is 10.0. The molecule has 3 aromatic rings. The first-order valence-electron chi connectivity index (χ1n) is 8.38. The van der Waals surface area contributed by atoms with Gasteiger partial charge in [0.05, 0.1) is 18.1 Å². The second-order valence-corrected chi connectivity index (χ2v) is 6.13. The van der Waals surface area contributed by atoms with Crippen LogP contribution in [0.4, 0.5) is 5.69 Å². The summed E-state index contributed by atoms with van der Waals surface area (Å²) in [7, 11) is 0. The van der Waals surface area contributed by atoms with Gasteiger partial charge in [0.25, 0.3) is 11.6 Å². The highest BCUT2D eigenvalue weighted by Gasteiger charge is 2.26. The third-order valence-corrected chi connectivity index (χ3v) is 4.57. The van der Waals surface area contributed by atoms with Gasteiger partial charge in [0.1, 0.15) is 5.69 Å². The molecule has 7 nitrogen and oxygen atoms in total. The van der Waals surface area contributed by atoms with Crippen molar-refractivity contribution in [3.05, 3.63) is 64.3 Å². The van der Waals surface area contributed by atoms with Gasteiger partial charge in [-0.3, -0.25) is 14.9 Å². The first-order valence-corrected chi connectivity index (χ1v) is 8.38. The van der Waals surface area contributed by atoms with E-state index in [1.54, 1.807) is 11.0 Å². The van der Waals surface area contributed by atoms with E-state index >= 15 is 0 Å². The highest BCUT2D eigenvalue weighted by atomic mass is 16.6. The summed E-state index contributed by atoms with van der Waals surface area (Å²) in [6, 6.07) is 14.1. The van der Waals surface area contributed by atoms with E-state index in [1.165, 1.54) is 12.1 Å². The first kappa shape index (κ1) is 16.3. The van der Waals surface area contributed by atoms with Gasteiger partial charge in [0.2, 0.25) is 0 Å². The van der Waals surface area contributed by atoms with Gasteiger partial charge in [-0.1, -0.05) is 30.3 Å². The Morgan fingerprint density at radius 3 is 2.54 bits per heavy atom. The topological polar surface area (TPSA) is 88.5 Å². The maximum atomic E-state index is 13.1. The van der Waals surface area contributed by atoms with E-state index in [4.69, 9.17) is 4.74 Å². The molecule has 2 heterocycles. The molecule has 0 saturated carbocycles. The van der Waals surface area contributed by atoms with E-state index in [9.17, 15) is 14.9 Å². The molecule has 4 rings (SSSR count). The Morgan fingerprint density at radius 2 is 1.85 bits per heavy atom. The number of nitrogens with one attached hydrogen (secondary N) is 1. The molecular formula is C19H17N3O4. The van der Waals surface area contributed by atoms with Gasteiger partial charge in [0.15, 0.2) is 0 Å². The van der Waals surface area contributed by atoms with Crippen LogP contribution in [0.1, 0.15) is 10.5 Å². The standard InChI is InChI=1S/C19H17N3O4/c23-19(21-8-10-26-11-9-21)18-17(13-4-2-1-3-5-13)15-12-14(22(24)25)6-7-16(15)20-18/h1-7,12,20H,8-11H2. The van der Waals surface area contributed by atoms with Crippen molar-refractivity contribution in [2.45, 2.75) is 0 Å². The molecule has 1 fully saturated rings. The Labute approximate surface area is 149 Å². The van der Waals surface area contributed by atoms with Crippen molar-refractivity contribution in [1.82, 2.24) is 9.88 Å². The predicted octanol–water partition coefficient (Wildman–Crippen LogP) is 3.22. The molecule has 26 heavy (non-hydrogen) atoms. The van der Waals surface area contributed by atoms with Gasteiger partial charge in [0, 0.05) is 41.7 Å². The Kier molecular flexibility index (Phi) is 4.14. The number of carbonyl (C=O) groups is 1. The van der Waals surface area contributed by atoms with Crippen LogP contribution in [-0.4, -0.2) is 47.0 Å². The summed E-state index contributed by atoms with van der Waals surface area (Å²) >= 11 is 0. The molecule has 1 aromatic heterocycles. The molecule has 1 N–H and O–H groups in total. The van der Waals surface area contributed by atoms with E-state index in [1.807, 2.05) is 30.3 Å². The zero-order chi connectivity index (χ0) is 18.1. The number of rotatable bonds is 3. The lowest BCUT2D eigenvalue weighted by molar-refractivity contribution is -0.384. The number of hydrogen-bond acceptors (Lipinski definition) is 4. The van der Waals surface area contributed by atoms with E-state index in [0.717, 1.165) is 5.56 Å². The molecule has 7 heteroatoms. The average molecular weight is 351 g/mol. The van der Waals surface area contributed by atoms with Crippen molar-refractivity contribution in [1.29, 1.82) is 0 Å². The molecule has 1 aliphatic rings. The SMILES string of the molecule is O=C(c1[nH]c2ccc([N+](=O)[O-])cc2c1-c1ccccc1)N1CCOCC1. The Balaban J connectivity index is 1.91. The second kappa shape index (κ2) is 6.61. The number of carbonyl (C=O) groups excluding carboxylic acids is 1. The lowest BCUT2D eigenvalue weighted by Gasteiger charge is -2.26. The number of aromatic amines is 1. The molecule has 1 saturated heterocycles. The summed E-state index contributed by atoms with van der Waals surface area (Å²) in [5.41, 5.74) is 2.69. The molecule has 0 bridgehead atoms. The molecule has 0 atom stereocenters. The minimum Gasteiger partial charge on any atom is -0.378 e. The number of nitro benzene ring substituents is 1. The zero-order valence-corrected chi connectivity index (χ0v) is 14.0. The predicted molar refractivity (Wildman–Crippen MR) is 97.1 cm³/mol. The fourth-order valence-corrected chi connectivity index (χ4v) is 3.28. The summed E-state index contributed by atoms with van der Waals surface area (Å²) in [5.74, 6) is -0.119. The number of morpholine rings is 1. The zero-order valence-electron chi connectivity index (χ0n) is 14.0. The summed E-state index contributed by atoms with van der Waals surface area (Å²) in [6.45, 7) is 2.08. The summed E-state index contributed by atoms with van der Waals surface area (Å²) < 4.78 is 5.32. The number of H-pyrrole nitrogens is 1. The lowest BCUT2D eigenvalue weighted by Crippen LogP contribution is -2.41. The van der Waals surface area contributed by atoms with Crippen LogP contribution in [-0.2, 0) is 4.74 Å². The molecule has 0 spiro atoms.